The van der Waals surface area contributed by atoms with Crippen LogP contribution < -0.4 is 5.73 Å². The molecule has 0 amide bonds. The van der Waals surface area contributed by atoms with E-state index in [1.54, 1.807) is 47.0 Å². The van der Waals surface area contributed by atoms with Crippen molar-refractivity contribution in [3.05, 3.63) is 41.8 Å². The Hall–Kier alpha value is -1.72. The maximum Gasteiger partial charge on any atom is 0.187 e. The van der Waals surface area contributed by atoms with Gasteiger partial charge in [0.1, 0.15) is 24.4 Å². The molecule has 326 valence electrons. The largest absolute Gasteiger partial charge is 0.379 e. The average molecular weight is 884 g/mol. The van der Waals surface area contributed by atoms with Crippen LogP contribution in [0.5, 0.6) is 0 Å². The Morgan fingerprint density at radius 1 is 0.456 bits per heavy atom. The smallest absolute Gasteiger partial charge is 0.187 e. The molecule has 0 bridgehead atoms. The lowest BCUT2D eigenvalue weighted by Gasteiger charge is -2.46. The Balaban J connectivity index is 3.14. The molecular weight excluding hydrogens is 823 g/mol. The second kappa shape index (κ2) is 42.4. The molecule has 25 heteroatoms. The summed E-state index contributed by atoms with van der Waals surface area (Å²) in [5.41, 5.74) is 39.7. The molecule has 1 heterocycles. The second-order valence-electron chi connectivity index (χ2n) is 11.7. The molecule has 2 N–H and O–H groups in total. The molecule has 1 rings (SSSR count). The highest BCUT2D eigenvalue weighted by Crippen LogP contribution is 2.30. The first-order valence-corrected chi connectivity index (χ1v) is 23.7. The van der Waals surface area contributed by atoms with Gasteiger partial charge in [-0.2, -0.15) is 47.0 Å². The van der Waals surface area contributed by atoms with Crippen LogP contribution in [0.2, 0.25) is 0 Å². The normalized spacial score (nSPS) is 18.9. The van der Waals surface area contributed by atoms with Crippen molar-refractivity contribution in [2.45, 2.75) is 56.4 Å². The van der Waals surface area contributed by atoms with Gasteiger partial charge in [0.15, 0.2) is 6.29 Å². The molecule has 0 aromatic carbocycles. The lowest BCUT2D eigenvalue weighted by molar-refractivity contribution is -0.324. The monoisotopic (exact) mass is 883 g/mol. The highest BCUT2D eigenvalue weighted by atomic mass is 32.2. The van der Waals surface area contributed by atoms with Gasteiger partial charge in [-0.15, -0.1) is 0 Å². The summed E-state index contributed by atoms with van der Waals surface area (Å²) in [6.45, 7) is 6.09. The molecule has 0 saturated carbocycles. The molecule has 1 aliphatic rings. The summed E-state index contributed by atoms with van der Waals surface area (Å²) < 4.78 is 50.0. The number of ether oxygens (including phenoxy) is 8. The zero-order valence-electron chi connectivity index (χ0n) is 32.8. The lowest BCUT2D eigenvalue weighted by Crippen LogP contribution is -2.62. The molecular formula is C32H61N13O8S4. The van der Waals surface area contributed by atoms with Crippen molar-refractivity contribution in [3.63, 3.8) is 0 Å². The van der Waals surface area contributed by atoms with Gasteiger partial charge in [0.05, 0.1) is 39.6 Å². The SMILES string of the molecule is [N-]=[N+]=NCCSCCCOC[C@H]1O[C@@H](OCCOCCOCCN)[C@H](OCCCSCCN=[N+]=[N-])[C@@H](OCCCSCCN=[N+]=[N-])[C@@H]1OCCCSCCN=[N+]=[N-]. The van der Waals surface area contributed by atoms with Gasteiger partial charge in [-0.3, -0.25) is 0 Å². The highest BCUT2D eigenvalue weighted by Gasteiger charge is 2.49. The van der Waals surface area contributed by atoms with Gasteiger partial charge in [-0.05, 0) is 93.8 Å². The maximum absolute atomic E-state index is 8.58. The molecule has 57 heavy (non-hydrogen) atoms. The van der Waals surface area contributed by atoms with Crippen LogP contribution in [0.15, 0.2) is 20.5 Å². The second-order valence-corrected chi connectivity index (χ2v) is 16.6. The third-order valence-electron chi connectivity index (χ3n) is 7.42. The summed E-state index contributed by atoms with van der Waals surface area (Å²) in [6, 6.07) is 0. The van der Waals surface area contributed by atoms with Crippen LogP contribution in [0.3, 0.4) is 0 Å². The molecule has 0 aromatic rings. The fourth-order valence-electron chi connectivity index (χ4n) is 4.95. The molecule has 1 fully saturated rings. The van der Waals surface area contributed by atoms with Crippen molar-refractivity contribution < 1.29 is 37.9 Å². The Bertz CT molecular complexity index is 1160. The van der Waals surface area contributed by atoms with Crippen LogP contribution in [-0.4, -0.2) is 176 Å². The van der Waals surface area contributed by atoms with Gasteiger partial charge in [0.25, 0.3) is 0 Å². The zero-order valence-corrected chi connectivity index (χ0v) is 36.1. The topological polar surface area (TPSA) is 295 Å². The molecule has 0 aliphatic carbocycles. The first-order chi connectivity index (χ1) is 28.2. The van der Waals surface area contributed by atoms with Crippen molar-refractivity contribution in [1.29, 1.82) is 0 Å². The summed E-state index contributed by atoms with van der Waals surface area (Å²) in [5, 5.41) is 14.4. The van der Waals surface area contributed by atoms with Crippen LogP contribution >= 0.6 is 47.0 Å². The Kier molecular flexibility index (Phi) is 39.7. The van der Waals surface area contributed by atoms with Crippen LogP contribution in [-0.2, 0) is 37.9 Å². The number of nitrogens with two attached hydrogens (primary N) is 1. The van der Waals surface area contributed by atoms with Gasteiger partial charge in [-0.1, -0.05) is 20.5 Å². The Morgan fingerprint density at radius 2 is 0.877 bits per heavy atom. The number of hydrogen-bond acceptors (Lipinski definition) is 17. The molecule has 0 unspecified atom stereocenters. The first kappa shape index (κ1) is 53.3. The molecule has 21 nitrogen and oxygen atoms in total. The highest BCUT2D eigenvalue weighted by molar-refractivity contribution is 7.99. The van der Waals surface area contributed by atoms with E-state index < -0.39 is 30.7 Å². The van der Waals surface area contributed by atoms with Gasteiger partial charge in [0, 0.05) is 78.8 Å². The maximum atomic E-state index is 8.58. The van der Waals surface area contributed by atoms with Crippen LogP contribution in [0, 0.1) is 0 Å². The third kappa shape index (κ3) is 30.9. The minimum atomic E-state index is -0.802. The van der Waals surface area contributed by atoms with E-state index in [0.717, 1.165) is 71.7 Å². The Morgan fingerprint density at radius 3 is 1.35 bits per heavy atom. The van der Waals surface area contributed by atoms with Crippen molar-refractivity contribution in [2.24, 2.45) is 26.2 Å². The number of thioether (sulfide) groups is 4. The van der Waals surface area contributed by atoms with Gasteiger partial charge >= 0.3 is 0 Å². The number of hydrogen-bond donors (Lipinski definition) is 1. The van der Waals surface area contributed by atoms with Gasteiger partial charge in [0.2, 0.25) is 0 Å². The fraction of sp³-hybridized carbons (Fsp3) is 1.00. The van der Waals surface area contributed by atoms with Crippen LogP contribution in [0.1, 0.15) is 25.7 Å². The van der Waals surface area contributed by atoms with E-state index in [2.05, 4.69) is 40.1 Å². The average Bonchev–Trinajstić information content (AvgIpc) is 3.22. The summed E-state index contributed by atoms with van der Waals surface area (Å²) in [5.74, 6) is 6.25. The number of nitrogens with zero attached hydrogens (tertiary/aromatic N) is 12. The van der Waals surface area contributed by atoms with Crippen molar-refractivity contribution in [2.75, 3.05) is 145 Å². The standard InChI is InChI=1S/C32H61N13O8S4/c33-5-14-46-15-16-47-17-18-52-32-31(51-13-4-22-57-26-9-41-45-37)30(50-12-3-21-56-25-8-40-44-36)29(49-11-2-20-55-24-7-39-43-35)28(53-32)27-48-10-1-19-54-23-6-38-42-34/h28-32H,1-27,33H2/t28-,29-,30+,31-,32-/m1/s1. The molecule has 0 radical (unpaired) electrons. The molecule has 0 aromatic heterocycles. The third-order valence-corrected chi connectivity index (χ3v) is 11.6. The lowest BCUT2D eigenvalue weighted by atomic mass is 9.98. The van der Waals surface area contributed by atoms with E-state index in [0.29, 0.717) is 85.6 Å². The van der Waals surface area contributed by atoms with E-state index in [-0.39, 0.29) is 13.2 Å². The minimum absolute atomic E-state index is 0.241. The van der Waals surface area contributed by atoms with Crippen LogP contribution in [0.4, 0.5) is 0 Å². The molecule has 1 saturated heterocycles. The fourth-order valence-corrected chi connectivity index (χ4v) is 7.90. The number of rotatable bonds is 42. The summed E-state index contributed by atoms with van der Waals surface area (Å²) in [7, 11) is 0. The van der Waals surface area contributed by atoms with E-state index in [9.17, 15) is 0 Å². The summed E-state index contributed by atoms with van der Waals surface area (Å²) >= 11 is 6.78. The minimum Gasteiger partial charge on any atom is -0.379 e. The van der Waals surface area contributed by atoms with Gasteiger partial charge < -0.3 is 43.6 Å². The molecule has 5 atom stereocenters. The van der Waals surface area contributed by atoms with E-state index >= 15 is 0 Å². The van der Waals surface area contributed by atoms with Crippen molar-refractivity contribution >= 4 is 47.0 Å². The van der Waals surface area contributed by atoms with E-state index in [4.69, 9.17) is 65.8 Å². The van der Waals surface area contributed by atoms with Gasteiger partial charge in [-0.25, -0.2) is 0 Å². The zero-order chi connectivity index (χ0) is 41.1. The van der Waals surface area contributed by atoms with Crippen LogP contribution in [0.25, 0.3) is 41.8 Å². The van der Waals surface area contributed by atoms with E-state index in [1.807, 2.05) is 0 Å². The summed E-state index contributed by atoms with van der Waals surface area (Å²) in [6.07, 6.45) is 0.0207. The number of azide groups is 4. The molecule has 0 spiro atoms. The first-order valence-electron chi connectivity index (χ1n) is 19.1. The quantitative estimate of drug-likeness (QED) is 0.0292. The van der Waals surface area contributed by atoms with Crippen molar-refractivity contribution in [1.82, 2.24) is 0 Å². The summed E-state index contributed by atoms with van der Waals surface area (Å²) in [4.78, 5) is 11.2. The predicted molar refractivity (Wildman–Crippen MR) is 229 cm³/mol. The van der Waals surface area contributed by atoms with E-state index in [1.165, 1.54) is 0 Å². The predicted octanol–water partition coefficient (Wildman–Crippen LogP) is 6.63. The van der Waals surface area contributed by atoms with Crippen molar-refractivity contribution in [3.8, 4) is 0 Å². The Labute approximate surface area is 352 Å². The molecule has 1 aliphatic heterocycles.